The van der Waals surface area contributed by atoms with Crippen molar-refractivity contribution < 1.29 is 9.18 Å². The number of nitrogens with two attached hydrogens (primary N) is 1. The van der Waals surface area contributed by atoms with Gasteiger partial charge in [0, 0.05) is 0 Å². The van der Waals surface area contributed by atoms with Crippen molar-refractivity contribution in [3.63, 3.8) is 0 Å². The molecule has 2 N–H and O–H groups in total. The normalized spacial score (nSPS) is 10.5. The van der Waals surface area contributed by atoms with Gasteiger partial charge in [-0.25, -0.2) is 9.07 Å². The molecule has 1 aromatic carbocycles. The SMILES string of the molecule is NC(=O)c1nn(-c2ccc(F)cc2Cl)cc1Cl. The predicted octanol–water partition coefficient (Wildman–Crippen LogP) is 2.42. The highest BCUT2D eigenvalue weighted by Crippen LogP contribution is 2.23. The van der Waals surface area contributed by atoms with E-state index in [9.17, 15) is 9.18 Å². The van der Waals surface area contributed by atoms with E-state index >= 15 is 0 Å². The number of primary amides is 1. The Morgan fingerprint density at radius 3 is 2.59 bits per heavy atom. The summed E-state index contributed by atoms with van der Waals surface area (Å²) in [6.45, 7) is 0. The first kappa shape index (κ1) is 11.9. The molecular weight excluding hydrogens is 268 g/mol. The van der Waals surface area contributed by atoms with Gasteiger partial charge in [0.1, 0.15) is 5.82 Å². The van der Waals surface area contributed by atoms with Crippen LogP contribution >= 0.6 is 23.2 Å². The Hall–Kier alpha value is -1.59. The second-order valence-electron chi connectivity index (χ2n) is 3.23. The van der Waals surface area contributed by atoms with Gasteiger partial charge in [0.2, 0.25) is 0 Å². The minimum atomic E-state index is -0.744. The molecule has 0 aliphatic rings. The molecule has 0 spiro atoms. The van der Waals surface area contributed by atoms with Crippen LogP contribution in [0.1, 0.15) is 10.5 Å². The van der Waals surface area contributed by atoms with Crippen LogP contribution in [0.4, 0.5) is 4.39 Å². The molecule has 2 aromatic rings. The van der Waals surface area contributed by atoms with Crippen molar-refractivity contribution in [2.45, 2.75) is 0 Å². The van der Waals surface area contributed by atoms with Crippen LogP contribution in [0.3, 0.4) is 0 Å². The number of rotatable bonds is 2. The average molecular weight is 274 g/mol. The summed E-state index contributed by atoms with van der Waals surface area (Å²) in [7, 11) is 0. The summed E-state index contributed by atoms with van der Waals surface area (Å²) in [5.41, 5.74) is 5.42. The lowest BCUT2D eigenvalue weighted by atomic mass is 10.3. The highest BCUT2D eigenvalue weighted by Gasteiger charge is 2.14. The molecule has 0 saturated carbocycles. The summed E-state index contributed by atoms with van der Waals surface area (Å²) in [5.74, 6) is -1.21. The Morgan fingerprint density at radius 1 is 1.35 bits per heavy atom. The number of carbonyl (C=O) groups is 1. The molecule has 0 fully saturated rings. The van der Waals surface area contributed by atoms with Gasteiger partial charge in [-0.2, -0.15) is 5.10 Å². The molecule has 2 rings (SSSR count). The van der Waals surface area contributed by atoms with Gasteiger partial charge < -0.3 is 5.73 Å². The minimum Gasteiger partial charge on any atom is -0.364 e. The highest BCUT2D eigenvalue weighted by molar-refractivity contribution is 6.33. The topological polar surface area (TPSA) is 60.9 Å². The number of hydrogen-bond acceptors (Lipinski definition) is 2. The predicted molar refractivity (Wildman–Crippen MR) is 62.1 cm³/mol. The first-order valence-corrected chi connectivity index (χ1v) is 5.25. The molecule has 0 atom stereocenters. The Bertz CT molecular complexity index is 597. The van der Waals surface area contributed by atoms with E-state index in [0.717, 1.165) is 6.07 Å². The molecule has 1 heterocycles. The van der Waals surface area contributed by atoms with Crippen molar-refractivity contribution >= 4 is 29.1 Å². The van der Waals surface area contributed by atoms with Crippen LogP contribution in [0, 0.1) is 5.82 Å². The lowest BCUT2D eigenvalue weighted by molar-refractivity contribution is 0.0995. The molecule has 0 aliphatic carbocycles. The summed E-state index contributed by atoms with van der Waals surface area (Å²) in [6, 6.07) is 3.78. The molecule has 7 heteroatoms. The Kier molecular flexibility index (Phi) is 3.04. The van der Waals surface area contributed by atoms with E-state index < -0.39 is 11.7 Å². The molecule has 1 aromatic heterocycles. The average Bonchev–Trinajstić information content (AvgIpc) is 2.60. The molecule has 0 bridgehead atoms. The van der Waals surface area contributed by atoms with E-state index in [1.54, 1.807) is 0 Å². The van der Waals surface area contributed by atoms with Crippen LogP contribution in [0.15, 0.2) is 24.4 Å². The third kappa shape index (κ3) is 2.25. The second-order valence-corrected chi connectivity index (χ2v) is 4.04. The summed E-state index contributed by atoms with van der Waals surface area (Å²) in [5, 5.41) is 4.14. The van der Waals surface area contributed by atoms with Gasteiger partial charge in [-0.3, -0.25) is 4.79 Å². The Labute approximate surface area is 106 Å². The van der Waals surface area contributed by atoms with Crippen LogP contribution < -0.4 is 5.73 Å². The zero-order chi connectivity index (χ0) is 12.6. The molecule has 0 radical (unpaired) electrons. The molecule has 0 saturated heterocycles. The maximum Gasteiger partial charge on any atom is 0.270 e. The van der Waals surface area contributed by atoms with Crippen LogP contribution in [-0.4, -0.2) is 15.7 Å². The maximum atomic E-state index is 12.9. The second kappa shape index (κ2) is 4.35. The monoisotopic (exact) mass is 273 g/mol. The van der Waals surface area contributed by atoms with Crippen LogP contribution in [-0.2, 0) is 0 Å². The molecular formula is C10H6Cl2FN3O. The van der Waals surface area contributed by atoms with E-state index in [1.807, 2.05) is 0 Å². The fourth-order valence-corrected chi connectivity index (χ4v) is 1.79. The van der Waals surface area contributed by atoms with E-state index in [-0.39, 0.29) is 15.7 Å². The lowest BCUT2D eigenvalue weighted by Gasteiger charge is -2.03. The number of hydrogen-bond donors (Lipinski definition) is 1. The van der Waals surface area contributed by atoms with Gasteiger partial charge in [0.15, 0.2) is 5.69 Å². The Morgan fingerprint density at radius 2 is 2.06 bits per heavy atom. The van der Waals surface area contributed by atoms with Crippen molar-refractivity contribution in [3.05, 3.63) is 46.0 Å². The summed E-state index contributed by atoms with van der Waals surface area (Å²) in [6.07, 6.45) is 1.38. The van der Waals surface area contributed by atoms with Crippen molar-refractivity contribution in [1.82, 2.24) is 9.78 Å². The van der Waals surface area contributed by atoms with Crippen molar-refractivity contribution in [3.8, 4) is 5.69 Å². The van der Waals surface area contributed by atoms with E-state index in [2.05, 4.69) is 5.10 Å². The van der Waals surface area contributed by atoms with Gasteiger partial charge in [-0.05, 0) is 18.2 Å². The quantitative estimate of drug-likeness (QED) is 0.914. The van der Waals surface area contributed by atoms with Gasteiger partial charge >= 0.3 is 0 Å². The molecule has 4 nitrogen and oxygen atoms in total. The molecule has 17 heavy (non-hydrogen) atoms. The van der Waals surface area contributed by atoms with Gasteiger partial charge in [0.05, 0.1) is 21.9 Å². The van der Waals surface area contributed by atoms with Crippen LogP contribution in [0.2, 0.25) is 10.0 Å². The largest absolute Gasteiger partial charge is 0.364 e. The molecule has 0 unspecified atom stereocenters. The van der Waals surface area contributed by atoms with Gasteiger partial charge in [0.25, 0.3) is 5.91 Å². The number of carbonyl (C=O) groups excluding carboxylic acids is 1. The number of halogens is 3. The first-order chi connectivity index (χ1) is 7.99. The highest BCUT2D eigenvalue weighted by atomic mass is 35.5. The minimum absolute atomic E-state index is 0.0629. The van der Waals surface area contributed by atoms with Crippen LogP contribution in [0.5, 0.6) is 0 Å². The summed E-state index contributed by atoms with van der Waals surface area (Å²) in [4.78, 5) is 11.0. The molecule has 0 aliphatic heterocycles. The zero-order valence-corrected chi connectivity index (χ0v) is 9.84. The lowest BCUT2D eigenvalue weighted by Crippen LogP contribution is -2.12. The number of aromatic nitrogens is 2. The number of nitrogens with zero attached hydrogens (tertiary/aromatic N) is 2. The van der Waals surface area contributed by atoms with Gasteiger partial charge in [-0.1, -0.05) is 23.2 Å². The standard InChI is InChI=1S/C10H6Cl2FN3O/c11-6-3-5(13)1-2-8(6)16-4-7(12)9(15-16)10(14)17/h1-4H,(H2,14,17). The number of amides is 1. The maximum absolute atomic E-state index is 12.9. The van der Waals surface area contributed by atoms with Crippen molar-refractivity contribution in [2.24, 2.45) is 5.73 Å². The first-order valence-electron chi connectivity index (χ1n) is 4.49. The van der Waals surface area contributed by atoms with Crippen molar-refractivity contribution in [1.29, 1.82) is 0 Å². The third-order valence-corrected chi connectivity index (χ3v) is 2.64. The van der Waals surface area contributed by atoms with Crippen LogP contribution in [0.25, 0.3) is 5.69 Å². The number of benzene rings is 1. The summed E-state index contributed by atoms with van der Waals surface area (Å²) >= 11 is 11.6. The van der Waals surface area contributed by atoms with E-state index in [0.29, 0.717) is 5.69 Å². The third-order valence-electron chi connectivity index (χ3n) is 2.06. The van der Waals surface area contributed by atoms with Crippen molar-refractivity contribution in [2.75, 3.05) is 0 Å². The fourth-order valence-electron chi connectivity index (χ4n) is 1.31. The smallest absolute Gasteiger partial charge is 0.270 e. The van der Waals surface area contributed by atoms with E-state index in [4.69, 9.17) is 28.9 Å². The van der Waals surface area contributed by atoms with E-state index in [1.165, 1.54) is 23.0 Å². The Balaban J connectivity index is 2.53. The molecule has 88 valence electrons. The summed E-state index contributed by atoms with van der Waals surface area (Å²) < 4.78 is 14.1. The zero-order valence-electron chi connectivity index (χ0n) is 8.32. The van der Waals surface area contributed by atoms with Gasteiger partial charge in [-0.15, -0.1) is 0 Å². The molecule has 1 amide bonds. The fraction of sp³-hybridized carbons (Fsp3) is 0.